The van der Waals surface area contributed by atoms with E-state index in [1.807, 2.05) is 0 Å². The van der Waals surface area contributed by atoms with Gasteiger partial charge >= 0.3 is 5.97 Å². The Balaban J connectivity index is 2.21. The predicted octanol–water partition coefficient (Wildman–Crippen LogP) is 2.22. The van der Waals surface area contributed by atoms with E-state index < -0.39 is 23.3 Å². The van der Waals surface area contributed by atoms with Crippen LogP contribution < -0.4 is 5.32 Å². The average molecular weight is 296 g/mol. The first kappa shape index (κ1) is 13.9. The number of amides is 1. The summed E-state index contributed by atoms with van der Waals surface area (Å²) >= 11 is 5.54. The molecule has 0 aliphatic carbocycles. The zero-order valence-corrected chi connectivity index (χ0v) is 10.6. The molecule has 2 aromatic rings. The number of aromatic nitrogens is 2. The molecule has 0 atom stereocenters. The lowest BCUT2D eigenvalue weighted by Crippen LogP contribution is -2.14. The van der Waals surface area contributed by atoms with Gasteiger partial charge in [-0.05, 0) is 18.2 Å². The molecular weight excluding hydrogens is 289 g/mol. The number of anilines is 1. The van der Waals surface area contributed by atoms with Crippen molar-refractivity contribution in [2.75, 3.05) is 5.32 Å². The number of hydrogen-bond donors (Lipinski definition) is 2. The van der Waals surface area contributed by atoms with Crippen molar-refractivity contribution in [1.82, 2.24) is 9.97 Å². The highest BCUT2D eigenvalue weighted by atomic mass is 35.5. The number of carbonyl (C=O) groups is 2. The van der Waals surface area contributed by atoms with Crippen LogP contribution in [0.3, 0.4) is 0 Å². The largest absolute Gasteiger partial charge is 0.478 e. The van der Waals surface area contributed by atoms with Gasteiger partial charge in [0.2, 0.25) is 0 Å². The minimum atomic E-state index is -1.43. The third-order valence-corrected chi connectivity index (χ3v) is 2.50. The van der Waals surface area contributed by atoms with Crippen molar-refractivity contribution in [2.45, 2.75) is 0 Å². The summed E-state index contributed by atoms with van der Waals surface area (Å²) in [7, 11) is 0. The number of benzene rings is 1. The summed E-state index contributed by atoms with van der Waals surface area (Å²) in [5, 5.41) is 11.3. The fourth-order valence-electron chi connectivity index (χ4n) is 1.39. The average Bonchev–Trinajstić information content (AvgIpc) is 2.41. The molecule has 0 saturated heterocycles. The molecule has 1 aromatic heterocycles. The molecule has 1 aromatic carbocycles. The third kappa shape index (κ3) is 3.07. The third-order valence-electron chi connectivity index (χ3n) is 2.31. The van der Waals surface area contributed by atoms with E-state index in [0.29, 0.717) is 0 Å². The Kier molecular flexibility index (Phi) is 3.90. The first-order chi connectivity index (χ1) is 9.47. The highest BCUT2D eigenvalue weighted by molar-refractivity contribution is 6.29. The molecule has 20 heavy (non-hydrogen) atoms. The molecular formula is C12H7ClFN3O3. The molecule has 0 bridgehead atoms. The Morgan fingerprint density at radius 1 is 1.25 bits per heavy atom. The smallest absolute Gasteiger partial charge is 0.338 e. The van der Waals surface area contributed by atoms with Gasteiger partial charge in [-0.15, -0.1) is 0 Å². The molecule has 102 valence electrons. The zero-order valence-electron chi connectivity index (χ0n) is 9.80. The number of carboxylic acids is 1. The maximum absolute atomic E-state index is 13.2. The van der Waals surface area contributed by atoms with E-state index in [2.05, 4.69) is 15.3 Å². The van der Waals surface area contributed by atoms with Gasteiger partial charge in [0.1, 0.15) is 16.7 Å². The Morgan fingerprint density at radius 3 is 2.60 bits per heavy atom. The molecule has 1 heterocycles. The first-order valence-corrected chi connectivity index (χ1v) is 5.67. The lowest BCUT2D eigenvalue weighted by atomic mass is 10.2. The van der Waals surface area contributed by atoms with Crippen LogP contribution in [-0.2, 0) is 0 Å². The molecule has 0 saturated carbocycles. The van der Waals surface area contributed by atoms with E-state index >= 15 is 0 Å². The minimum Gasteiger partial charge on any atom is -0.478 e. The zero-order chi connectivity index (χ0) is 14.7. The van der Waals surface area contributed by atoms with Crippen LogP contribution in [-0.4, -0.2) is 27.0 Å². The lowest BCUT2D eigenvalue weighted by Gasteiger charge is -2.06. The summed E-state index contributed by atoms with van der Waals surface area (Å²) in [6.07, 6.45) is 2.36. The van der Waals surface area contributed by atoms with Crippen LogP contribution in [0.4, 0.5) is 10.1 Å². The number of rotatable bonds is 3. The van der Waals surface area contributed by atoms with E-state index in [0.717, 1.165) is 12.1 Å². The van der Waals surface area contributed by atoms with E-state index in [1.54, 1.807) is 0 Å². The molecule has 0 radical (unpaired) electrons. The summed E-state index contributed by atoms with van der Waals surface area (Å²) in [5.41, 5.74) is -0.411. The van der Waals surface area contributed by atoms with Crippen LogP contribution in [0.5, 0.6) is 0 Å². The van der Waals surface area contributed by atoms with Gasteiger partial charge in [0, 0.05) is 5.69 Å². The van der Waals surface area contributed by atoms with Gasteiger partial charge in [-0.25, -0.2) is 19.2 Å². The van der Waals surface area contributed by atoms with Crippen molar-refractivity contribution in [3.63, 3.8) is 0 Å². The van der Waals surface area contributed by atoms with Crippen molar-refractivity contribution in [3.8, 4) is 0 Å². The Hall–Kier alpha value is -2.54. The number of hydrogen-bond acceptors (Lipinski definition) is 4. The second kappa shape index (κ2) is 5.62. The monoisotopic (exact) mass is 295 g/mol. The van der Waals surface area contributed by atoms with E-state index in [9.17, 15) is 14.0 Å². The molecule has 8 heteroatoms. The van der Waals surface area contributed by atoms with Crippen molar-refractivity contribution < 1.29 is 19.1 Å². The highest BCUT2D eigenvalue weighted by Gasteiger charge is 2.13. The maximum Gasteiger partial charge on any atom is 0.338 e. The number of halogens is 2. The van der Waals surface area contributed by atoms with Crippen LogP contribution in [0.2, 0.25) is 5.15 Å². The second-order valence-corrected chi connectivity index (χ2v) is 4.07. The molecule has 1 amide bonds. The predicted molar refractivity (Wildman–Crippen MR) is 68.4 cm³/mol. The van der Waals surface area contributed by atoms with Crippen LogP contribution in [0.1, 0.15) is 20.8 Å². The molecule has 0 aliphatic heterocycles. The molecule has 6 nitrogen and oxygen atoms in total. The van der Waals surface area contributed by atoms with Crippen molar-refractivity contribution in [2.24, 2.45) is 0 Å². The molecule has 0 spiro atoms. The minimum absolute atomic E-state index is 0.00407. The number of aromatic carboxylic acids is 1. The summed E-state index contributed by atoms with van der Waals surface area (Å²) in [6, 6.07) is 3.20. The quantitative estimate of drug-likeness (QED) is 0.906. The normalized spacial score (nSPS) is 10.1. The number of carboxylic acid groups (broad SMARTS) is 1. The van der Waals surface area contributed by atoms with Gasteiger partial charge in [0.15, 0.2) is 0 Å². The number of nitrogens with one attached hydrogen (secondary N) is 1. The Labute approximate surface area is 117 Å². The van der Waals surface area contributed by atoms with Crippen LogP contribution in [0.25, 0.3) is 0 Å². The molecule has 2 rings (SSSR count). The molecule has 2 N–H and O–H groups in total. The van der Waals surface area contributed by atoms with Gasteiger partial charge in [0.25, 0.3) is 5.91 Å². The van der Waals surface area contributed by atoms with Crippen molar-refractivity contribution in [1.29, 1.82) is 0 Å². The highest BCUT2D eigenvalue weighted by Crippen LogP contribution is 2.15. The van der Waals surface area contributed by atoms with E-state index in [4.69, 9.17) is 16.7 Å². The second-order valence-electron chi connectivity index (χ2n) is 3.68. The fourth-order valence-corrected chi connectivity index (χ4v) is 1.49. The van der Waals surface area contributed by atoms with Crippen LogP contribution >= 0.6 is 11.6 Å². The van der Waals surface area contributed by atoms with Gasteiger partial charge < -0.3 is 10.4 Å². The summed E-state index contributed by atoms with van der Waals surface area (Å²) < 4.78 is 13.2. The fraction of sp³-hybridized carbons (Fsp3) is 0. The van der Waals surface area contributed by atoms with Gasteiger partial charge in [-0.2, -0.15) is 0 Å². The van der Waals surface area contributed by atoms with Crippen LogP contribution in [0, 0.1) is 5.82 Å². The Bertz CT molecular complexity index is 676. The van der Waals surface area contributed by atoms with Gasteiger partial charge in [0.05, 0.1) is 18.0 Å². The van der Waals surface area contributed by atoms with Gasteiger partial charge in [-0.3, -0.25) is 4.79 Å². The molecule has 0 aliphatic rings. The van der Waals surface area contributed by atoms with Crippen molar-refractivity contribution in [3.05, 3.63) is 52.8 Å². The van der Waals surface area contributed by atoms with E-state index in [-0.39, 0.29) is 16.5 Å². The van der Waals surface area contributed by atoms with Gasteiger partial charge in [-0.1, -0.05) is 11.6 Å². The number of carbonyl (C=O) groups excluding carboxylic acids is 1. The van der Waals surface area contributed by atoms with Crippen LogP contribution in [0.15, 0.2) is 30.6 Å². The summed E-state index contributed by atoms with van der Waals surface area (Å²) in [4.78, 5) is 30.0. The lowest BCUT2D eigenvalue weighted by molar-refractivity contribution is 0.0691. The van der Waals surface area contributed by atoms with E-state index in [1.165, 1.54) is 18.5 Å². The van der Waals surface area contributed by atoms with Crippen molar-refractivity contribution >= 4 is 29.2 Å². The molecule has 0 fully saturated rings. The summed E-state index contributed by atoms with van der Waals surface area (Å²) in [5.74, 6) is -2.93. The number of nitrogens with zero attached hydrogens (tertiary/aromatic N) is 2. The molecule has 0 unspecified atom stereocenters. The first-order valence-electron chi connectivity index (χ1n) is 5.29. The summed E-state index contributed by atoms with van der Waals surface area (Å²) in [6.45, 7) is 0. The topological polar surface area (TPSA) is 92.2 Å². The Morgan fingerprint density at radius 2 is 2.00 bits per heavy atom. The standard InChI is InChI=1S/C12H7ClFN3O3/c13-10-5-15-9(4-16-10)11(18)17-6-1-2-8(14)7(3-6)12(19)20/h1-5H,(H,17,18)(H,19,20). The SMILES string of the molecule is O=C(Nc1ccc(F)c(C(=O)O)c1)c1cnc(Cl)cn1. The maximum atomic E-state index is 13.2.